The molecular weight excluding hydrogens is 357 g/mol. The Kier molecular flexibility index (Phi) is 5.54. The summed E-state index contributed by atoms with van der Waals surface area (Å²) >= 11 is 0. The van der Waals surface area contributed by atoms with Crippen molar-refractivity contribution >= 4 is 11.7 Å². The van der Waals surface area contributed by atoms with E-state index in [1.807, 2.05) is 0 Å². The molecule has 3 unspecified atom stereocenters. The van der Waals surface area contributed by atoms with Gasteiger partial charge in [-0.3, -0.25) is 9.59 Å². The Morgan fingerprint density at radius 2 is 1.81 bits per heavy atom. The second-order valence-corrected chi connectivity index (χ2v) is 7.34. The van der Waals surface area contributed by atoms with Crippen LogP contribution in [0, 0.1) is 23.2 Å². The Morgan fingerprint density at radius 1 is 1.15 bits per heavy atom. The van der Waals surface area contributed by atoms with Gasteiger partial charge in [0.05, 0.1) is 11.6 Å². The number of carbonyl (C=O) groups is 2. The molecule has 0 aromatic heterocycles. The Bertz CT molecular complexity index is 763. The highest BCUT2D eigenvalue weighted by Crippen LogP contribution is 2.52. The standard InChI is InChI=1S/C20H21F3N2O2/c21-20(22,23)17-9-5-4-8-13(17)14-10-15(14)18(26)16(11-24)19(27)25-12-6-2-1-3-7-12/h4-5,8-9,12,14-16H,1-3,6-7,10H2,(H,25,27). The molecule has 2 aliphatic carbocycles. The van der Waals surface area contributed by atoms with Gasteiger partial charge in [-0.2, -0.15) is 18.4 Å². The van der Waals surface area contributed by atoms with Crippen LogP contribution >= 0.6 is 0 Å². The van der Waals surface area contributed by atoms with Crippen LogP contribution in [0.1, 0.15) is 55.6 Å². The molecule has 144 valence electrons. The first-order chi connectivity index (χ1) is 12.8. The topological polar surface area (TPSA) is 70.0 Å². The second kappa shape index (κ2) is 7.71. The summed E-state index contributed by atoms with van der Waals surface area (Å²) in [6, 6.07) is 6.88. The summed E-state index contributed by atoms with van der Waals surface area (Å²) in [5, 5.41) is 12.1. The van der Waals surface area contributed by atoms with Gasteiger partial charge in [0.1, 0.15) is 0 Å². The van der Waals surface area contributed by atoms with E-state index < -0.39 is 41.2 Å². The van der Waals surface area contributed by atoms with Crippen molar-refractivity contribution in [1.82, 2.24) is 5.32 Å². The molecule has 1 amide bonds. The molecule has 0 spiro atoms. The van der Waals surface area contributed by atoms with E-state index in [-0.39, 0.29) is 18.0 Å². The van der Waals surface area contributed by atoms with Gasteiger partial charge in [0.25, 0.3) is 0 Å². The average molecular weight is 378 g/mol. The molecule has 1 aromatic rings. The van der Waals surface area contributed by atoms with Crippen molar-refractivity contribution in [2.75, 3.05) is 0 Å². The van der Waals surface area contributed by atoms with Crippen molar-refractivity contribution in [3.8, 4) is 6.07 Å². The smallest absolute Gasteiger partial charge is 0.352 e. The molecule has 27 heavy (non-hydrogen) atoms. The predicted octanol–water partition coefficient (Wildman–Crippen LogP) is 3.97. The third-order valence-electron chi connectivity index (χ3n) is 5.45. The van der Waals surface area contributed by atoms with Crippen LogP contribution < -0.4 is 5.32 Å². The molecule has 0 heterocycles. The van der Waals surface area contributed by atoms with E-state index in [0.29, 0.717) is 0 Å². The lowest BCUT2D eigenvalue weighted by atomic mass is 9.93. The van der Waals surface area contributed by atoms with Gasteiger partial charge in [-0.15, -0.1) is 0 Å². The minimum atomic E-state index is -4.50. The van der Waals surface area contributed by atoms with E-state index in [2.05, 4.69) is 5.32 Å². The molecule has 0 aliphatic heterocycles. The van der Waals surface area contributed by atoms with Crippen LogP contribution in [0.2, 0.25) is 0 Å². The van der Waals surface area contributed by atoms with Gasteiger partial charge in [0, 0.05) is 12.0 Å². The number of ketones is 1. The van der Waals surface area contributed by atoms with E-state index in [0.717, 1.165) is 38.2 Å². The highest BCUT2D eigenvalue weighted by Gasteiger charge is 2.50. The normalized spacial score (nSPS) is 23.9. The zero-order valence-electron chi connectivity index (χ0n) is 14.8. The van der Waals surface area contributed by atoms with Crippen molar-refractivity contribution in [1.29, 1.82) is 5.26 Å². The summed E-state index contributed by atoms with van der Waals surface area (Å²) in [5.41, 5.74) is -0.696. The van der Waals surface area contributed by atoms with Crippen molar-refractivity contribution in [2.24, 2.45) is 11.8 Å². The molecular formula is C20H21F3N2O2. The molecule has 0 radical (unpaired) electrons. The molecule has 0 saturated heterocycles. The Morgan fingerprint density at radius 3 is 2.44 bits per heavy atom. The summed E-state index contributed by atoms with van der Waals surface area (Å²) < 4.78 is 39.5. The fourth-order valence-corrected chi connectivity index (χ4v) is 3.93. The fraction of sp³-hybridized carbons (Fsp3) is 0.550. The van der Waals surface area contributed by atoms with Crippen molar-refractivity contribution in [3.63, 3.8) is 0 Å². The number of nitrogens with one attached hydrogen (secondary N) is 1. The number of carbonyl (C=O) groups excluding carboxylic acids is 2. The van der Waals surface area contributed by atoms with Gasteiger partial charge in [-0.25, -0.2) is 0 Å². The highest BCUT2D eigenvalue weighted by molar-refractivity contribution is 6.06. The number of hydrogen-bond donors (Lipinski definition) is 1. The van der Waals surface area contributed by atoms with Crippen molar-refractivity contribution in [3.05, 3.63) is 35.4 Å². The minimum absolute atomic E-state index is 0.0316. The molecule has 1 N–H and O–H groups in total. The average Bonchev–Trinajstić information content (AvgIpc) is 3.43. The second-order valence-electron chi connectivity index (χ2n) is 7.34. The molecule has 3 atom stereocenters. The van der Waals surface area contributed by atoms with Gasteiger partial charge in [-0.05, 0) is 36.8 Å². The number of hydrogen-bond acceptors (Lipinski definition) is 3. The maximum absolute atomic E-state index is 13.2. The van der Waals surface area contributed by atoms with Gasteiger partial charge in [0.2, 0.25) is 5.91 Å². The zero-order chi connectivity index (χ0) is 19.6. The summed E-state index contributed by atoms with van der Waals surface area (Å²) in [5.74, 6) is -3.96. The first-order valence-corrected chi connectivity index (χ1v) is 9.22. The SMILES string of the molecule is N#CC(C(=O)NC1CCCCC1)C(=O)C1CC1c1ccccc1C(F)(F)F. The molecule has 2 fully saturated rings. The van der Waals surface area contributed by atoms with Crippen LogP contribution in [0.15, 0.2) is 24.3 Å². The number of nitrogens with zero attached hydrogens (tertiary/aromatic N) is 1. The maximum atomic E-state index is 13.2. The van der Waals surface area contributed by atoms with E-state index >= 15 is 0 Å². The number of Topliss-reactive ketones (excluding diaryl/α,β-unsaturated/α-hetero) is 1. The number of rotatable bonds is 5. The quantitative estimate of drug-likeness (QED) is 0.789. The molecule has 1 aromatic carbocycles. The molecule has 2 saturated carbocycles. The van der Waals surface area contributed by atoms with Crippen LogP contribution in [-0.4, -0.2) is 17.7 Å². The monoisotopic (exact) mass is 378 g/mol. The van der Waals surface area contributed by atoms with E-state index in [1.165, 1.54) is 18.2 Å². The van der Waals surface area contributed by atoms with E-state index in [4.69, 9.17) is 0 Å². The first kappa shape index (κ1) is 19.4. The Hall–Kier alpha value is -2.36. The van der Waals surface area contributed by atoms with Crippen LogP contribution in [0.3, 0.4) is 0 Å². The largest absolute Gasteiger partial charge is 0.416 e. The lowest BCUT2D eigenvalue weighted by molar-refractivity contribution is -0.138. The zero-order valence-corrected chi connectivity index (χ0v) is 14.8. The lowest BCUT2D eigenvalue weighted by Gasteiger charge is -2.23. The lowest BCUT2D eigenvalue weighted by Crippen LogP contribution is -2.42. The number of amides is 1. The molecule has 4 nitrogen and oxygen atoms in total. The summed E-state index contributed by atoms with van der Waals surface area (Å²) in [4.78, 5) is 25.0. The van der Waals surface area contributed by atoms with Crippen molar-refractivity contribution in [2.45, 2.75) is 56.7 Å². The van der Waals surface area contributed by atoms with Crippen LogP contribution in [0.5, 0.6) is 0 Å². The third kappa shape index (κ3) is 4.32. The van der Waals surface area contributed by atoms with E-state index in [1.54, 1.807) is 6.07 Å². The Labute approximate surface area is 155 Å². The summed E-state index contributed by atoms with van der Waals surface area (Å²) in [7, 11) is 0. The van der Waals surface area contributed by atoms with Gasteiger partial charge < -0.3 is 5.32 Å². The van der Waals surface area contributed by atoms with Gasteiger partial charge in [0.15, 0.2) is 11.7 Å². The number of halogens is 3. The van der Waals surface area contributed by atoms with Gasteiger partial charge >= 0.3 is 6.18 Å². The minimum Gasteiger partial charge on any atom is -0.352 e. The molecule has 0 bridgehead atoms. The van der Waals surface area contributed by atoms with E-state index in [9.17, 15) is 28.0 Å². The number of alkyl halides is 3. The van der Waals surface area contributed by atoms with Crippen molar-refractivity contribution < 1.29 is 22.8 Å². The van der Waals surface area contributed by atoms with Crippen LogP contribution in [0.25, 0.3) is 0 Å². The first-order valence-electron chi connectivity index (χ1n) is 9.22. The predicted molar refractivity (Wildman–Crippen MR) is 91.4 cm³/mol. The summed E-state index contributed by atoms with van der Waals surface area (Å²) in [6.45, 7) is 0. The van der Waals surface area contributed by atoms with Crippen LogP contribution in [-0.2, 0) is 15.8 Å². The molecule has 3 rings (SSSR count). The summed E-state index contributed by atoms with van der Waals surface area (Å²) in [6.07, 6.45) is 0.478. The fourth-order valence-electron chi connectivity index (χ4n) is 3.93. The maximum Gasteiger partial charge on any atom is 0.416 e. The van der Waals surface area contributed by atoms with Crippen LogP contribution in [0.4, 0.5) is 13.2 Å². The van der Waals surface area contributed by atoms with Gasteiger partial charge in [-0.1, -0.05) is 37.5 Å². The highest BCUT2D eigenvalue weighted by atomic mass is 19.4. The number of nitriles is 1. The molecule has 7 heteroatoms. The molecule has 2 aliphatic rings. The number of benzene rings is 1. The Balaban J connectivity index is 1.68. The third-order valence-corrected chi connectivity index (χ3v) is 5.45.